The van der Waals surface area contributed by atoms with E-state index in [1.807, 2.05) is 0 Å². The van der Waals surface area contributed by atoms with Crippen molar-refractivity contribution in [2.24, 2.45) is 11.8 Å². The summed E-state index contributed by atoms with van der Waals surface area (Å²) in [6, 6.07) is 0.764. The minimum Gasteiger partial charge on any atom is -0.299 e. The summed E-state index contributed by atoms with van der Waals surface area (Å²) in [5.41, 5.74) is 0. The molecule has 3 atom stereocenters. The summed E-state index contributed by atoms with van der Waals surface area (Å²) >= 11 is 0. The molecule has 16 heavy (non-hydrogen) atoms. The molecule has 2 nitrogen and oxygen atoms in total. The van der Waals surface area contributed by atoms with Crippen LogP contribution in [0.15, 0.2) is 0 Å². The van der Waals surface area contributed by atoms with E-state index in [0.717, 1.165) is 31.5 Å². The Morgan fingerprint density at radius 1 is 1.12 bits per heavy atom. The number of carbonyl (C=O) groups excluding carboxylic acids is 1. The third-order valence-corrected chi connectivity index (χ3v) is 4.45. The topological polar surface area (TPSA) is 20.3 Å². The van der Waals surface area contributed by atoms with Crippen LogP contribution in [-0.4, -0.2) is 29.8 Å². The molecule has 2 aliphatic rings. The quantitative estimate of drug-likeness (QED) is 0.637. The Balaban J connectivity index is 1.89. The summed E-state index contributed by atoms with van der Waals surface area (Å²) < 4.78 is 0. The van der Waals surface area contributed by atoms with Crippen molar-refractivity contribution in [1.29, 1.82) is 0 Å². The lowest BCUT2D eigenvalue weighted by Gasteiger charge is -2.36. The highest BCUT2D eigenvalue weighted by Gasteiger charge is 2.29. The molecule has 0 amide bonds. The van der Waals surface area contributed by atoms with E-state index in [9.17, 15) is 4.79 Å². The zero-order chi connectivity index (χ0) is 11.5. The number of ketones is 1. The van der Waals surface area contributed by atoms with Crippen molar-refractivity contribution in [3.63, 3.8) is 0 Å². The Hall–Kier alpha value is -0.370. The highest BCUT2D eigenvalue weighted by molar-refractivity contribution is 5.81. The van der Waals surface area contributed by atoms with Crippen LogP contribution in [0.3, 0.4) is 0 Å². The zero-order valence-electron chi connectivity index (χ0n) is 10.7. The Labute approximate surface area is 99.4 Å². The van der Waals surface area contributed by atoms with Gasteiger partial charge in [0.25, 0.3) is 0 Å². The van der Waals surface area contributed by atoms with Crippen LogP contribution in [0, 0.1) is 11.8 Å². The van der Waals surface area contributed by atoms with E-state index in [1.54, 1.807) is 0 Å². The van der Waals surface area contributed by atoms with E-state index in [2.05, 4.69) is 18.7 Å². The van der Waals surface area contributed by atoms with Gasteiger partial charge in [0.05, 0.1) is 0 Å². The van der Waals surface area contributed by atoms with E-state index in [1.165, 1.54) is 32.1 Å². The maximum absolute atomic E-state index is 11.5. The first-order chi connectivity index (χ1) is 7.66. The highest BCUT2D eigenvalue weighted by Crippen LogP contribution is 2.28. The minimum absolute atomic E-state index is 0.273. The van der Waals surface area contributed by atoms with Gasteiger partial charge < -0.3 is 0 Å². The molecule has 0 bridgehead atoms. The average Bonchev–Trinajstić information content (AvgIpc) is 2.47. The van der Waals surface area contributed by atoms with Crippen LogP contribution >= 0.6 is 0 Å². The van der Waals surface area contributed by atoms with Gasteiger partial charge in [-0.15, -0.1) is 0 Å². The molecule has 2 rings (SSSR count). The molecule has 0 spiro atoms. The van der Waals surface area contributed by atoms with Crippen LogP contribution in [0.1, 0.15) is 52.4 Å². The van der Waals surface area contributed by atoms with Gasteiger partial charge in [-0.2, -0.15) is 0 Å². The van der Waals surface area contributed by atoms with Crippen LogP contribution in [0.2, 0.25) is 0 Å². The van der Waals surface area contributed by atoms with E-state index in [-0.39, 0.29) is 5.92 Å². The van der Waals surface area contributed by atoms with Crippen LogP contribution in [0.4, 0.5) is 0 Å². The number of nitrogens with zero attached hydrogens (tertiary/aromatic N) is 1. The molecule has 2 heteroatoms. The van der Waals surface area contributed by atoms with E-state index in [4.69, 9.17) is 0 Å². The number of piperidine rings is 1. The standard InChI is InChI=1S/C14H25NO/c1-11-4-3-5-13(7-6-11)15-9-8-14(16)12(2)10-15/h11-13H,3-10H2,1-2H3. The van der Waals surface area contributed by atoms with Gasteiger partial charge in [0.2, 0.25) is 0 Å². The fraction of sp³-hybridized carbons (Fsp3) is 0.929. The molecule has 0 radical (unpaired) electrons. The van der Waals surface area contributed by atoms with Gasteiger partial charge in [-0.05, 0) is 25.2 Å². The van der Waals surface area contributed by atoms with Crippen molar-refractivity contribution in [1.82, 2.24) is 4.90 Å². The second-order valence-corrected chi connectivity index (χ2v) is 5.88. The fourth-order valence-electron chi connectivity index (χ4n) is 3.21. The molecule has 0 N–H and O–H groups in total. The molecular weight excluding hydrogens is 198 g/mol. The summed E-state index contributed by atoms with van der Waals surface area (Å²) in [5, 5.41) is 0. The Morgan fingerprint density at radius 2 is 1.94 bits per heavy atom. The molecule has 3 unspecified atom stereocenters. The molecule has 0 aromatic carbocycles. The van der Waals surface area contributed by atoms with Gasteiger partial charge in [-0.25, -0.2) is 0 Å². The van der Waals surface area contributed by atoms with E-state index >= 15 is 0 Å². The molecule has 1 aliphatic carbocycles. The second kappa shape index (κ2) is 5.31. The number of likely N-dealkylation sites (tertiary alicyclic amines) is 1. The maximum Gasteiger partial charge on any atom is 0.138 e. The van der Waals surface area contributed by atoms with Crippen molar-refractivity contribution in [2.45, 2.75) is 58.4 Å². The normalized spacial score (nSPS) is 38.4. The molecule has 0 aromatic rings. The zero-order valence-corrected chi connectivity index (χ0v) is 10.7. The second-order valence-electron chi connectivity index (χ2n) is 5.88. The van der Waals surface area contributed by atoms with Crippen LogP contribution in [0.25, 0.3) is 0 Å². The fourth-order valence-corrected chi connectivity index (χ4v) is 3.21. The van der Waals surface area contributed by atoms with Crippen molar-refractivity contribution in [2.75, 3.05) is 13.1 Å². The lowest BCUT2D eigenvalue weighted by atomic mass is 9.95. The van der Waals surface area contributed by atoms with Gasteiger partial charge >= 0.3 is 0 Å². The van der Waals surface area contributed by atoms with Gasteiger partial charge in [0, 0.05) is 31.5 Å². The summed E-state index contributed by atoms with van der Waals surface area (Å²) in [7, 11) is 0. The van der Waals surface area contributed by atoms with Crippen LogP contribution < -0.4 is 0 Å². The first-order valence-corrected chi connectivity index (χ1v) is 6.93. The third kappa shape index (κ3) is 2.85. The van der Waals surface area contributed by atoms with Gasteiger partial charge in [-0.1, -0.05) is 26.7 Å². The largest absolute Gasteiger partial charge is 0.299 e. The van der Waals surface area contributed by atoms with Gasteiger partial charge in [-0.3, -0.25) is 9.69 Å². The number of hydrogen-bond donors (Lipinski definition) is 0. The lowest BCUT2D eigenvalue weighted by molar-refractivity contribution is -0.126. The molecule has 92 valence electrons. The molecule has 1 aliphatic heterocycles. The van der Waals surface area contributed by atoms with Gasteiger partial charge in [0.1, 0.15) is 5.78 Å². The minimum atomic E-state index is 0.273. The van der Waals surface area contributed by atoms with E-state index < -0.39 is 0 Å². The Bertz CT molecular complexity index is 251. The summed E-state index contributed by atoms with van der Waals surface area (Å²) in [6.07, 6.45) is 7.65. The number of hydrogen-bond acceptors (Lipinski definition) is 2. The molecule has 2 fully saturated rings. The molecule has 1 saturated heterocycles. The van der Waals surface area contributed by atoms with Crippen molar-refractivity contribution >= 4 is 5.78 Å². The first-order valence-electron chi connectivity index (χ1n) is 6.93. The molecule has 0 aromatic heterocycles. The predicted octanol–water partition coefficient (Wildman–Crippen LogP) is 2.87. The molecular formula is C14H25NO. The predicted molar refractivity (Wildman–Crippen MR) is 66.4 cm³/mol. The number of carbonyl (C=O) groups is 1. The van der Waals surface area contributed by atoms with E-state index in [0.29, 0.717) is 5.78 Å². The summed E-state index contributed by atoms with van der Waals surface area (Å²) in [5.74, 6) is 1.65. The summed E-state index contributed by atoms with van der Waals surface area (Å²) in [4.78, 5) is 14.1. The number of rotatable bonds is 1. The van der Waals surface area contributed by atoms with Crippen molar-refractivity contribution in [3.8, 4) is 0 Å². The van der Waals surface area contributed by atoms with Crippen LogP contribution in [0.5, 0.6) is 0 Å². The number of Topliss-reactive ketones (excluding diaryl/α,β-unsaturated/α-hetero) is 1. The maximum atomic E-state index is 11.5. The van der Waals surface area contributed by atoms with Crippen molar-refractivity contribution < 1.29 is 4.79 Å². The highest BCUT2D eigenvalue weighted by atomic mass is 16.1. The molecule has 1 heterocycles. The first kappa shape index (κ1) is 12.1. The summed E-state index contributed by atoms with van der Waals surface area (Å²) in [6.45, 7) is 6.50. The van der Waals surface area contributed by atoms with Crippen molar-refractivity contribution in [3.05, 3.63) is 0 Å². The third-order valence-electron chi connectivity index (χ3n) is 4.45. The monoisotopic (exact) mass is 223 g/mol. The van der Waals surface area contributed by atoms with Crippen LogP contribution in [-0.2, 0) is 4.79 Å². The smallest absolute Gasteiger partial charge is 0.138 e. The van der Waals surface area contributed by atoms with Gasteiger partial charge in [0.15, 0.2) is 0 Å². The lowest BCUT2D eigenvalue weighted by Crippen LogP contribution is -2.45. The Morgan fingerprint density at radius 3 is 2.69 bits per heavy atom. The average molecular weight is 223 g/mol. The Kier molecular flexibility index (Phi) is 4.01. The molecule has 1 saturated carbocycles. The SMILES string of the molecule is CC1CCCC(N2CCC(=O)C(C)C2)CC1.